The third-order valence-corrected chi connectivity index (χ3v) is 19.1. The Hall–Kier alpha value is -7.30. The molecule has 1 aliphatic heterocycles. The number of aromatic hydroxyl groups is 3. The second-order valence-corrected chi connectivity index (χ2v) is 23.6. The molecule has 5 N–H and O–H groups in total. The van der Waals surface area contributed by atoms with Crippen LogP contribution in [0.4, 0.5) is 0 Å². The first-order chi connectivity index (χ1) is 38.8. The Balaban J connectivity index is 1.05. The first-order valence-electron chi connectivity index (χ1n) is 28.5. The molecule has 6 aromatic rings. The Morgan fingerprint density at radius 1 is 0.800 bits per heavy atom. The zero-order valence-corrected chi connectivity index (χ0v) is 46.0. The number of rotatable bonds is 9. The molecule has 12 heteroatoms. The Morgan fingerprint density at radius 2 is 1.60 bits per heavy atom. The summed E-state index contributed by atoms with van der Waals surface area (Å²) in [7, 11) is 4.76. The lowest BCUT2D eigenvalue weighted by atomic mass is 9.40. The lowest BCUT2D eigenvalue weighted by molar-refractivity contribution is -0.179. The Kier molecular flexibility index (Phi) is 14.4. The van der Waals surface area contributed by atoms with Gasteiger partial charge >= 0.3 is 11.9 Å². The van der Waals surface area contributed by atoms with E-state index in [-0.39, 0.29) is 65.1 Å². The summed E-state index contributed by atoms with van der Waals surface area (Å²) in [6, 6.07) is 35.5. The largest absolute Gasteiger partial charge is 0.508 e. The topological polar surface area (TPSA) is 173 Å². The van der Waals surface area contributed by atoms with Crippen molar-refractivity contribution in [3.05, 3.63) is 154 Å². The number of carbonyl (C=O) groups excluding carboxylic acids is 2. The fourth-order valence-corrected chi connectivity index (χ4v) is 15.8. The monoisotopic (exact) mass is 1080 g/mol. The van der Waals surface area contributed by atoms with Crippen LogP contribution in [0.3, 0.4) is 0 Å². The third kappa shape index (κ3) is 9.54. The average Bonchev–Trinajstić information content (AvgIpc) is 3.62. The maximum atomic E-state index is 16.4. The van der Waals surface area contributed by atoms with E-state index in [9.17, 15) is 25.2 Å². The molecule has 5 aliphatic carbocycles. The van der Waals surface area contributed by atoms with Gasteiger partial charge in [0.1, 0.15) is 18.0 Å². The summed E-state index contributed by atoms with van der Waals surface area (Å²) in [6.07, 6.45) is 6.25. The number of esters is 2. The molecule has 6 aliphatic rings. The summed E-state index contributed by atoms with van der Waals surface area (Å²) in [5.41, 5.74) is 6.36. The highest BCUT2D eigenvalue weighted by atomic mass is 16.6. The van der Waals surface area contributed by atoms with Gasteiger partial charge in [-0.1, -0.05) is 91.1 Å². The van der Waals surface area contributed by atoms with E-state index >= 15 is 4.79 Å². The van der Waals surface area contributed by atoms with Gasteiger partial charge in [-0.25, -0.2) is 0 Å². The normalized spacial score (nSPS) is 29.4. The third-order valence-electron chi connectivity index (χ3n) is 19.1. The van der Waals surface area contributed by atoms with E-state index in [1.165, 1.54) is 14.0 Å². The number of phenols is 3. The predicted molar refractivity (Wildman–Crippen MR) is 305 cm³/mol. The SMILES string of the molecule is COCC1C#CC2CCCC(C(=O)OC3CC(OC(C)=O)C4Cc5cc(OC)c(O)cc5C5CC(O)C6Cc7cc(O)c(OC)cc7C(C3)C6C54C=Cc3ccccc3)(C2)c2ccc3cc(O)cc(c3c2)-c2cccc(c2)CNC1. The number of hydrogen-bond donors (Lipinski definition) is 5. The first kappa shape index (κ1) is 53.3. The number of hydrogen-bond acceptors (Lipinski definition) is 12. The van der Waals surface area contributed by atoms with Crippen molar-refractivity contribution in [3.8, 4) is 51.7 Å². The van der Waals surface area contributed by atoms with Crippen LogP contribution in [0, 0.1) is 46.8 Å². The molecule has 0 saturated heterocycles. The van der Waals surface area contributed by atoms with Crippen LogP contribution in [-0.2, 0) is 48.6 Å². The van der Waals surface area contributed by atoms with Gasteiger partial charge < -0.3 is 49.4 Å². The van der Waals surface area contributed by atoms with Crippen molar-refractivity contribution in [1.29, 1.82) is 0 Å². The van der Waals surface area contributed by atoms with Crippen molar-refractivity contribution >= 4 is 28.8 Å². The molecule has 3 saturated carbocycles. The van der Waals surface area contributed by atoms with Gasteiger partial charge in [-0.3, -0.25) is 9.59 Å². The first-order valence-corrected chi connectivity index (χ1v) is 28.5. The fourth-order valence-electron chi connectivity index (χ4n) is 15.8. The number of ether oxygens (including phenoxy) is 5. The molecule has 414 valence electrons. The van der Waals surface area contributed by atoms with Crippen LogP contribution in [-0.4, -0.2) is 85.2 Å². The molecule has 12 nitrogen and oxygen atoms in total. The molecule has 0 radical (unpaired) electrons. The van der Waals surface area contributed by atoms with E-state index < -0.39 is 41.0 Å². The molecule has 80 heavy (non-hydrogen) atoms. The van der Waals surface area contributed by atoms with E-state index in [0.717, 1.165) is 67.3 Å². The predicted octanol–water partition coefficient (Wildman–Crippen LogP) is 11.1. The summed E-state index contributed by atoms with van der Waals surface area (Å²) in [5.74, 6) is 5.09. The van der Waals surface area contributed by atoms with E-state index in [2.05, 4.69) is 65.7 Å². The van der Waals surface area contributed by atoms with Crippen molar-refractivity contribution in [2.75, 3.05) is 34.5 Å². The summed E-state index contributed by atoms with van der Waals surface area (Å²) >= 11 is 0. The standard InChI is InChI=1S/C68H71NO11/c1-39(70)79-62-31-50(80-66(75)67-20-9-13-41(35-67)15-16-43(38-76-2)37-69-36-42-12-8-14-44(22-42)52-29-49(71)23-45-17-18-48(67)28-51(45)52)30-55-53-33-64(78-4)60(73)26-46(53)24-56-59(72)34-57-54-32-61(74)63(77-3)27-47(54)25-58(62)68(57,65(55)56)21-19-40-10-6-5-7-11-40/h5-8,10-12,14,17-19,21-23,26-29,32-33,41,43,50,55-59,62,65,69,71-74H,9,13,20,24-25,30-31,34-38H2,1-4H3. The van der Waals surface area contributed by atoms with Crippen molar-refractivity contribution in [3.63, 3.8) is 0 Å². The van der Waals surface area contributed by atoms with Crippen LogP contribution in [0.2, 0.25) is 0 Å². The van der Waals surface area contributed by atoms with E-state index in [1.807, 2.05) is 48.5 Å². The smallest absolute Gasteiger partial charge is 0.316 e. The molecule has 0 spiro atoms. The van der Waals surface area contributed by atoms with E-state index in [1.54, 1.807) is 38.5 Å². The Labute approximate surface area is 468 Å². The summed E-state index contributed by atoms with van der Waals surface area (Å²) in [5, 5.41) is 52.3. The van der Waals surface area contributed by atoms with Gasteiger partial charge in [0.25, 0.3) is 0 Å². The van der Waals surface area contributed by atoms with Crippen LogP contribution in [0.15, 0.2) is 115 Å². The van der Waals surface area contributed by atoms with Crippen LogP contribution < -0.4 is 14.8 Å². The van der Waals surface area contributed by atoms with Crippen LogP contribution in [0.5, 0.6) is 28.7 Å². The molecule has 0 amide bonds. The number of phenolic OH excluding ortho intramolecular Hbond substituents is 3. The van der Waals surface area contributed by atoms with Gasteiger partial charge in [-0.15, -0.1) is 0 Å². The minimum Gasteiger partial charge on any atom is -0.508 e. The highest BCUT2D eigenvalue weighted by Crippen LogP contribution is 2.70. The number of allylic oxidation sites excluding steroid dienone is 1. The fraction of sp³-hybridized carbons (Fsp3) is 0.412. The molecule has 12 atom stereocenters. The van der Waals surface area contributed by atoms with Crippen molar-refractivity contribution in [2.24, 2.45) is 35.0 Å². The van der Waals surface area contributed by atoms with E-state index in [4.69, 9.17) is 23.7 Å². The number of methoxy groups -OCH3 is 3. The summed E-state index contributed by atoms with van der Waals surface area (Å²) < 4.78 is 31.3. The van der Waals surface area contributed by atoms with Crippen LogP contribution >= 0.6 is 0 Å². The van der Waals surface area contributed by atoms with Crippen molar-refractivity contribution in [1.82, 2.24) is 5.32 Å². The van der Waals surface area contributed by atoms with Gasteiger partial charge in [0, 0.05) is 50.8 Å². The molecule has 0 aromatic heterocycles. The maximum absolute atomic E-state index is 16.4. The Bertz CT molecular complexity index is 3450. The molecular weight excluding hydrogens is 1010 g/mol. The molecule has 1 heterocycles. The van der Waals surface area contributed by atoms with Gasteiger partial charge in [-0.05, 0) is 178 Å². The quantitative estimate of drug-likeness (QED) is 0.0686. The zero-order valence-electron chi connectivity index (χ0n) is 46.0. The second-order valence-electron chi connectivity index (χ2n) is 23.6. The molecule has 6 aromatic carbocycles. The van der Waals surface area contributed by atoms with Crippen LogP contribution in [0.25, 0.3) is 28.0 Å². The van der Waals surface area contributed by atoms with Crippen molar-refractivity contribution in [2.45, 2.75) is 107 Å². The Morgan fingerprint density at radius 3 is 2.40 bits per heavy atom. The van der Waals surface area contributed by atoms with Gasteiger partial charge in [0.05, 0.1) is 38.3 Å². The zero-order chi connectivity index (χ0) is 55.5. The van der Waals surface area contributed by atoms with Gasteiger partial charge in [-0.2, -0.15) is 0 Å². The molecular formula is C68H71NO11. The maximum Gasteiger partial charge on any atom is 0.316 e. The van der Waals surface area contributed by atoms with Gasteiger partial charge in [0.2, 0.25) is 0 Å². The van der Waals surface area contributed by atoms with E-state index in [0.29, 0.717) is 76.1 Å². The molecule has 3 fully saturated rings. The molecule has 12 unspecified atom stereocenters. The number of carbonyl (C=O) groups is 2. The number of aliphatic hydroxyl groups is 1. The highest BCUT2D eigenvalue weighted by molar-refractivity contribution is 5.99. The number of fused-ring (bicyclic) bond motifs is 11. The van der Waals surface area contributed by atoms with Crippen LogP contribution in [0.1, 0.15) is 103 Å². The number of nitrogens with one attached hydrogen (secondary N) is 1. The summed E-state index contributed by atoms with van der Waals surface area (Å²) in [6.45, 7) is 3.10. The second kappa shape index (κ2) is 21.6. The summed E-state index contributed by atoms with van der Waals surface area (Å²) in [4.78, 5) is 30.2. The lowest BCUT2D eigenvalue weighted by Gasteiger charge is -2.64. The van der Waals surface area contributed by atoms with Crippen molar-refractivity contribution < 1.29 is 53.7 Å². The minimum atomic E-state index is -1.16. The lowest BCUT2D eigenvalue weighted by Crippen LogP contribution is -2.62. The average molecular weight is 1080 g/mol. The molecule has 12 rings (SSSR count). The minimum absolute atomic E-state index is 0.00410. The molecule has 6 bridgehead atoms. The van der Waals surface area contributed by atoms with Gasteiger partial charge in [0.15, 0.2) is 23.0 Å². The highest BCUT2D eigenvalue weighted by Gasteiger charge is 2.65. The number of benzene rings is 6. The number of aliphatic hydroxyl groups excluding tert-OH is 1.